The molecule has 2 aromatic heterocycles. The van der Waals surface area contributed by atoms with Gasteiger partial charge in [0, 0.05) is 12.5 Å². The van der Waals surface area contributed by atoms with E-state index in [1.807, 2.05) is 13.0 Å². The number of aryl methyl sites for hydroxylation is 2. The van der Waals surface area contributed by atoms with Crippen molar-refractivity contribution in [1.29, 1.82) is 5.26 Å². The monoisotopic (exact) mass is 398 g/mol. The zero-order valence-electron chi connectivity index (χ0n) is 16.1. The number of benzene rings is 1. The number of ether oxygens (including phenoxy) is 1. The number of aromatic nitrogens is 2. The summed E-state index contributed by atoms with van der Waals surface area (Å²) in [6, 6.07) is 8.26. The first-order chi connectivity index (χ1) is 13.8. The predicted octanol–water partition coefficient (Wildman–Crippen LogP) is 3.62. The first kappa shape index (κ1) is 20.4. The second kappa shape index (κ2) is 8.37. The molecule has 0 saturated carbocycles. The molecule has 0 spiro atoms. The molecular formula is C21H20F2N4O2. The average Bonchev–Trinajstić information content (AvgIpc) is 3.01. The molecule has 0 aliphatic rings. The van der Waals surface area contributed by atoms with E-state index in [1.54, 1.807) is 19.1 Å². The standard InChI is InChI=1S/C21H20F2N4O2/c1-12-8-18-21(19(28)7-6-14(25)10-24)13(2)26-27(18)20(9-12)29-11-15-16(22)4-3-5-17(15)23/h3-5,8-9,14H,6-7,11,25H2,1-2H3. The van der Waals surface area contributed by atoms with Crippen LogP contribution in [0.15, 0.2) is 30.3 Å². The van der Waals surface area contributed by atoms with E-state index in [4.69, 9.17) is 15.7 Å². The van der Waals surface area contributed by atoms with Crippen LogP contribution in [0.3, 0.4) is 0 Å². The van der Waals surface area contributed by atoms with Crippen molar-refractivity contribution in [3.8, 4) is 11.9 Å². The Morgan fingerprint density at radius 1 is 1.31 bits per heavy atom. The Kier molecular flexibility index (Phi) is 5.89. The van der Waals surface area contributed by atoms with Gasteiger partial charge < -0.3 is 10.5 Å². The Hall–Kier alpha value is -3.31. The number of carbonyl (C=O) groups excluding carboxylic acids is 1. The summed E-state index contributed by atoms with van der Waals surface area (Å²) in [6.45, 7) is 3.19. The summed E-state index contributed by atoms with van der Waals surface area (Å²) in [5, 5.41) is 13.2. The molecule has 0 amide bonds. The number of nitriles is 1. The van der Waals surface area contributed by atoms with Gasteiger partial charge in [0.1, 0.15) is 18.2 Å². The Balaban J connectivity index is 1.94. The zero-order valence-corrected chi connectivity index (χ0v) is 16.1. The van der Waals surface area contributed by atoms with Gasteiger partial charge in [-0.1, -0.05) is 6.07 Å². The minimum Gasteiger partial charge on any atom is -0.473 e. The molecule has 29 heavy (non-hydrogen) atoms. The second-order valence-electron chi connectivity index (χ2n) is 6.81. The van der Waals surface area contributed by atoms with Crippen LogP contribution in [0, 0.1) is 36.8 Å². The highest BCUT2D eigenvalue weighted by Crippen LogP contribution is 2.26. The number of hydrogen-bond acceptors (Lipinski definition) is 5. The van der Waals surface area contributed by atoms with E-state index in [9.17, 15) is 13.6 Å². The number of rotatable bonds is 7. The van der Waals surface area contributed by atoms with E-state index >= 15 is 0 Å². The smallest absolute Gasteiger partial charge is 0.215 e. The summed E-state index contributed by atoms with van der Waals surface area (Å²) in [5.41, 5.74) is 7.63. The van der Waals surface area contributed by atoms with Crippen LogP contribution in [0.4, 0.5) is 8.78 Å². The molecule has 8 heteroatoms. The van der Waals surface area contributed by atoms with Crippen LogP contribution < -0.4 is 10.5 Å². The summed E-state index contributed by atoms with van der Waals surface area (Å²) < 4.78 is 34.9. The highest BCUT2D eigenvalue weighted by atomic mass is 19.1. The van der Waals surface area contributed by atoms with Crippen molar-refractivity contribution in [2.75, 3.05) is 0 Å². The molecule has 0 saturated heterocycles. The molecule has 2 N–H and O–H groups in total. The highest BCUT2D eigenvalue weighted by Gasteiger charge is 2.20. The van der Waals surface area contributed by atoms with Crippen molar-refractivity contribution in [1.82, 2.24) is 9.61 Å². The number of nitrogens with two attached hydrogens (primary N) is 1. The lowest BCUT2D eigenvalue weighted by Crippen LogP contribution is -2.18. The maximum Gasteiger partial charge on any atom is 0.215 e. The van der Waals surface area contributed by atoms with Crippen LogP contribution in [-0.4, -0.2) is 21.4 Å². The highest BCUT2D eigenvalue weighted by molar-refractivity contribution is 6.03. The normalized spacial score (nSPS) is 12.0. The van der Waals surface area contributed by atoms with Crippen LogP contribution in [0.1, 0.15) is 40.0 Å². The fraction of sp³-hybridized carbons (Fsp3) is 0.286. The van der Waals surface area contributed by atoms with E-state index in [-0.39, 0.29) is 36.7 Å². The number of hydrogen-bond donors (Lipinski definition) is 1. The van der Waals surface area contributed by atoms with Crippen LogP contribution in [0.25, 0.3) is 5.52 Å². The number of fused-ring (bicyclic) bond motifs is 1. The van der Waals surface area contributed by atoms with E-state index in [0.29, 0.717) is 16.8 Å². The number of halogens is 2. The lowest BCUT2D eigenvalue weighted by atomic mass is 10.0. The molecule has 0 aliphatic carbocycles. The molecule has 0 radical (unpaired) electrons. The third-order valence-corrected chi connectivity index (χ3v) is 4.57. The van der Waals surface area contributed by atoms with Gasteiger partial charge in [0.2, 0.25) is 5.88 Å². The molecule has 6 nitrogen and oxygen atoms in total. The van der Waals surface area contributed by atoms with Gasteiger partial charge in [-0.3, -0.25) is 4.79 Å². The van der Waals surface area contributed by atoms with Crippen molar-refractivity contribution in [3.63, 3.8) is 0 Å². The van der Waals surface area contributed by atoms with Gasteiger partial charge in [0.15, 0.2) is 5.78 Å². The maximum atomic E-state index is 13.9. The van der Waals surface area contributed by atoms with Crippen molar-refractivity contribution < 1.29 is 18.3 Å². The lowest BCUT2D eigenvalue weighted by molar-refractivity contribution is 0.0980. The largest absolute Gasteiger partial charge is 0.473 e. The van der Waals surface area contributed by atoms with Crippen LogP contribution >= 0.6 is 0 Å². The third kappa shape index (κ3) is 4.25. The summed E-state index contributed by atoms with van der Waals surface area (Å²) in [6.07, 6.45) is 0.356. The van der Waals surface area contributed by atoms with Crippen LogP contribution in [-0.2, 0) is 6.61 Å². The summed E-state index contributed by atoms with van der Waals surface area (Å²) in [5.74, 6) is -1.32. The molecule has 1 aromatic carbocycles. The fourth-order valence-electron chi connectivity index (χ4n) is 3.10. The van der Waals surface area contributed by atoms with E-state index in [0.717, 1.165) is 17.7 Å². The molecule has 3 rings (SSSR count). The SMILES string of the molecule is Cc1cc(OCc2c(F)cccc2F)n2nc(C)c(C(=O)CCC(N)C#N)c2c1. The van der Waals surface area contributed by atoms with E-state index in [2.05, 4.69) is 5.10 Å². The summed E-state index contributed by atoms with van der Waals surface area (Å²) in [7, 11) is 0. The summed E-state index contributed by atoms with van der Waals surface area (Å²) >= 11 is 0. The fourth-order valence-corrected chi connectivity index (χ4v) is 3.10. The molecule has 0 bridgehead atoms. The Morgan fingerprint density at radius 2 is 2.00 bits per heavy atom. The lowest BCUT2D eigenvalue weighted by Gasteiger charge is -2.11. The topological polar surface area (TPSA) is 93.4 Å². The minimum atomic E-state index is -0.711. The van der Waals surface area contributed by atoms with Gasteiger partial charge in [-0.2, -0.15) is 10.4 Å². The van der Waals surface area contributed by atoms with Crippen LogP contribution in [0.5, 0.6) is 5.88 Å². The number of carbonyl (C=O) groups is 1. The second-order valence-corrected chi connectivity index (χ2v) is 6.81. The summed E-state index contributed by atoms with van der Waals surface area (Å²) in [4.78, 5) is 12.7. The molecule has 0 aliphatic heterocycles. The van der Waals surface area contributed by atoms with Crippen molar-refractivity contribution in [2.45, 2.75) is 39.3 Å². The molecule has 1 unspecified atom stereocenters. The quantitative estimate of drug-likeness (QED) is 0.614. The Labute approximate surface area is 166 Å². The Morgan fingerprint density at radius 3 is 2.66 bits per heavy atom. The predicted molar refractivity (Wildman–Crippen MR) is 103 cm³/mol. The average molecular weight is 398 g/mol. The van der Waals surface area contributed by atoms with Crippen molar-refractivity contribution in [2.24, 2.45) is 5.73 Å². The van der Waals surface area contributed by atoms with Crippen molar-refractivity contribution >= 4 is 11.3 Å². The first-order valence-electron chi connectivity index (χ1n) is 9.06. The van der Waals surface area contributed by atoms with Crippen LogP contribution in [0.2, 0.25) is 0 Å². The molecule has 2 heterocycles. The van der Waals surface area contributed by atoms with Gasteiger partial charge in [0.05, 0.1) is 34.4 Å². The molecule has 1 atom stereocenters. The number of nitrogens with zero attached hydrogens (tertiary/aromatic N) is 3. The third-order valence-electron chi connectivity index (χ3n) is 4.57. The number of Topliss-reactive ketones (excluding diaryl/α,β-unsaturated/α-hetero) is 1. The Bertz CT molecular complexity index is 1100. The molecule has 0 fully saturated rings. The van der Waals surface area contributed by atoms with E-state index in [1.165, 1.54) is 10.6 Å². The zero-order chi connectivity index (χ0) is 21.1. The van der Waals surface area contributed by atoms with Gasteiger partial charge in [-0.25, -0.2) is 13.3 Å². The van der Waals surface area contributed by atoms with Crippen molar-refractivity contribution in [3.05, 3.63) is 64.4 Å². The maximum absolute atomic E-state index is 13.9. The first-order valence-corrected chi connectivity index (χ1v) is 9.06. The molecule has 150 valence electrons. The molecular weight excluding hydrogens is 378 g/mol. The molecule has 3 aromatic rings. The number of pyridine rings is 1. The van der Waals surface area contributed by atoms with Gasteiger partial charge in [-0.05, 0) is 44.0 Å². The van der Waals surface area contributed by atoms with Gasteiger partial charge in [0.25, 0.3) is 0 Å². The minimum absolute atomic E-state index is 0.113. The number of ketones is 1. The van der Waals surface area contributed by atoms with Gasteiger partial charge >= 0.3 is 0 Å². The van der Waals surface area contributed by atoms with Gasteiger partial charge in [-0.15, -0.1) is 0 Å². The van der Waals surface area contributed by atoms with E-state index < -0.39 is 17.7 Å².